The van der Waals surface area contributed by atoms with Crippen molar-refractivity contribution in [2.75, 3.05) is 13.1 Å². The minimum Gasteiger partial charge on any atom is -0.341 e. The van der Waals surface area contributed by atoms with E-state index in [0.29, 0.717) is 19.4 Å². The second-order valence-electron chi connectivity index (χ2n) is 4.37. The molecule has 0 bridgehead atoms. The number of carbonyl (C=O) groups is 1. The zero-order chi connectivity index (χ0) is 11.6. The summed E-state index contributed by atoms with van der Waals surface area (Å²) in [5.74, 6) is -3.67. The number of rotatable bonds is 2. The average molecular weight is 220 g/mol. The maximum absolute atomic E-state index is 13.1. The molecule has 1 fully saturated rings. The first-order chi connectivity index (χ1) is 6.82. The normalized spacial score (nSPS) is 25.1. The Balaban J connectivity index is 2.60. The van der Waals surface area contributed by atoms with Crippen molar-refractivity contribution in [3.63, 3.8) is 0 Å². The molecule has 0 saturated carbocycles. The van der Waals surface area contributed by atoms with Crippen LogP contribution in [0.2, 0.25) is 0 Å². The fraction of sp³-hybridized carbons (Fsp3) is 0.900. The Morgan fingerprint density at radius 1 is 1.60 bits per heavy atom. The van der Waals surface area contributed by atoms with Gasteiger partial charge in [-0.1, -0.05) is 0 Å². The van der Waals surface area contributed by atoms with Crippen LogP contribution in [0.4, 0.5) is 8.78 Å². The van der Waals surface area contributed by atoms with E-state index in [-0.39, 0.29) is 12.5 Å². The predicted octanol–water partition coefficient (Wildman–Crippen LogP) is 1.23. The van der Waals surface area contributed by atoms with Crippen molar-refractivity contribution in [1.82, 2.24) is 4.90 Å². The molecule has 1 aliphatic heterocycles. The van der Waals surface area contributed by atoms with Crippen molar-refractivity contribution in [3.8, 4) is 0 Å². The molecule has 0 aliphatic carbocycles. The first-order valence-corrected chi connectivity index (χ1v) is 5.24. The van der Waals surface area contributed by atoms with E-state index in [9.17, 15) is 13.6 Å². The van der Waals surface area contributed by atoms with Crippen LogP contribution in [-0.2, 0) is 4.79 Å². The molecule has 1 rings (SSSR count). The molecule has 3 nitrogen and oxygen atoms in total. The standard InChI is InChI=1S/C10H18F2N2O/c1-7(13)9(15)14-5-3-4-8(6-14)10(2,11)12/h7-8H,3-6,13H2,1-2H3/t7-,8+/m0/s1. The van der Waals surface area contributed by atoms with Crippen LogP contribution in [0.15, 0.2) is 0 Å². The average Bonchev–Trinajstić information content (AvgIpc) is 2.15. The molecular weight excluding hydrogens is 202 g/mol. The van der Waals surface area contributed by atoms with E-state index in [2.05, 4.69) is 0 Å². The van der Waals surface area contributed by atoms with Crippen LogP contribution in [0.1, 0.15) is 26.7 Å². The molecule has 0 spiro atoms. The van der Waals surface area contributed by atoms with E-state index in [0.717, 1.165) is 6.92 Å². The highest BCUT2D eigenvalue weighted by Crippen LogP contribution is 2.31. The summed E-state index contributed by atoms with van der Waals surface area (Å²) < 4.78 is 26.2. The molecule has 1 saturated heterocycles. The fourth-order valence-corrected chi connectivity index (χ4v) is 1.88. The van der Waals surface area contributed by atoms with E-state index < -0.39 is 17.9 Å². The Labute approximate surface area is 88.6 Å². The highest BCUT2D eigenvalue weighted by atomic mass is 19.3. The van der Waals surface area contributed by atoms with Gasteiger partial charge < -0.3 is 10.6 Å². The van der Waals surface area contributed by atoms with Crippen molar-refractivity contribution in [3.05, 3.63) is 0 Å². The third kappa shape index (κ3) is 3.12. The number of likely N-dealkylation sites (tertiary alicyclic amines) is 1. The molecule has 0 unspecified atom stereocenters. The third-order valence-corrected chi connectivity index (χ3v) is 2.84. The van der Waals surface area contributed by atoms with Crippen LogP contribution >= 0.6 is 0 Å². The number of amides is 1. The molecule has 1 heterocycles. The maximum atomic E-state index is 13.1. The monoisotopic (exact) mass is 220 g/mol. The fourth-order valence-electron chi connectivity index (χ4n) is 1.88. The van der Waals surface area contributed by atoms with Gasteiger partial charge in [-0.05, 0) is 26.7 Å². The van der Waals surface area contributed by atoms with Gasteiger partial charge in [0.05, 0.1) is 6.04 Å². The first-order valence-electron chi connectivity index (χ1n) is 5.24. The maximum Gasteiger partial charge on any atom is 0.249 e. The molecule has 88 valence electrons. The summed E-state index contributed by atoms with van der Waals surface area (Å²) in [7, 11) is 0. The number of hydrogen-bond acceptors (Lipinski definition) is 2. The Bertz CT molecular complexity index is 238. The number of alkyl halides is 2. The molecule has 1 amide bonds. The van der Waals surface area contributed by atoms with Gasteiger partial charge in [-0.15, -0.1) is 0 Å². The van der Waals surface area contributed by atoms with E-state index in [1.54, 1.807) is 6.92 Å². The minimum atomic E-state index is -2.71. The van der Waals surface area contributed by atoms with Crippen LogP contribution in [0, 0.1) is 5.92 Å². The molecule has 5 heteroatoms. The second-order valence-corrected chi connectivity index (χ2v) is 4.37. The first kappa shape index (κ1) is 12.4. The highest BCUT2D eigenvalue weighted by Gasteiger charge is 2.38. The summed E-state index contributed by atoms with van der Waals surface area (Å²) in [5.41, 5.74) is 5.44. The molecule has 0 aromatic rings. The van der Waals surface area contributed by atoms with Crippen molar-refractivity contribution in [2.24, 2.45) is 11.7 Å². The van der Waals surface area contributed by atoms with Gasteiger partial charge in [-0.2, -0.15) is 0 Å². The predicted molar refractivity (Wildman–Crippen MR) is 53.6 cm³/mol. The van der Waals surface area contributed by atoms with Crippen LogP contribution in [0.25, 0.3) is 0 Å². The minimum absolute atomic E-state index is 0.129. The summed E-state index contributed by atoms with van der Waals surface area (Å²) in [4.78, 5) is 13.0. The topological polar surface area (TPSA) is 46.3 Å². The number of halogens is 2. The lowest BCUT2D eigenvalue weighted by Gasteiger charge is -2.36. The number of piperidine rings is 1. The zero-order valence-corrected chi connectivity index (χ0v) is 9.17. The third-order valence-electron chi connectivity index (χ3n) is 2.84. The Morgan fingerprint density at radius 2 is 2.20 bits per heavy atom. The Morgan fingerprint density at radius 3 is 2.67 bits per heavy atom. The quantitative estimate of drug-likeness (QED) is 0.760. The number of hydrogen-bond donors (Lipinski definition) is 1. The summed E-state index contributed by atoms with van der Waals surface area (Å²) in [5, 5.41) is 0. The van der Waals surface area contributed by atoms with Gasteiger partial charge in [-0.3, -0.25) is 4.79 Å². The smallest absolute Gasteiger partial charge is 0.249 e. The van der Waals surface area contributed by atoms with E-state index in [4.69, 9.17) is 5.73 Å². The summed E-state index contributed by atoms with van der Waals surface area (Å²) in [6.07, 6.45) is 1.11. The molecule has 1 aliphatic rings. The Kier molecular flexibility index (Phi) is 3.65. The Hall–Kier alpha value is -0.710. The highest BCUT2D eigenvalue weighted by molar-refractivity contribution is 5.81. The van der Waals surface area contributed by atoms with Gasteiger partial charge in [0, 0.05) is 19.0 Å². The van der Waals surface area contributed by atoms with Crippen LogP contribution in [0.5, 0.6) is 0 Å². The molecule has 0 aromatic heterocycles. The molecule has 0 aromatic carbocycles. The number of nitrogens with zero attached hydrogens (tertiary/aromatic N) is 1. The van der Waals surface area contributed by atoms with Gasteiger partial charge in [0.1, 0.15) is 0 Å². The van der Waals surface area contributed by atoms with Gasteiger partial charge in [0.15, 0.2) is 0 Å². The van der Waals surface area contributed by atoms with Crippen LogP contribution < -0.4 is 5.73 Å². The van der Waals surface area contributed by atoms with Crippen molar-refractivity contribution < 1.29 is 13.6 Å². The van der Waals surface area contributed by atoms with Crippen molar-refractivity contribution in [1.29, 1.82) is 0 Å². The van der Waals surface area contributed by atoms with E-state index in [1.165, 1.54) is 4.90 Å². The van der Waals surface area contributed by atoms with Gasteiger partial charge in [0.2, 0.25) is 11.8 Å². The lowest BCUT2D eigenvalue weighted by atomic mass is 9.92. The molecule has 2 atom stereocenters. The lowest BCUT2D eigenvalue weighted by Crippen LogP contribution is -2.49. The van der Waals surface area contributed by atoms with Crippen molar-refractivity contribution in [2.45, 2.75) is 38.7 Å². The molecular formula is C10H18F2N2O. The zero-order valence-electron chi connectivity index (χ0n) is 9.17. The number of carbonyl (C=O) groups excluding carboxylic acids is 1. The lowest BCUT2D eigenvalue weighted by molar-refractivity contribution is -0.138. The van der Waals surface area contributed by atoms with Gasteiger partial charge in [-0.25, -0.2) is 8.78 Å². The van der Waals surface area contributed by atoms with Gasteiger partial charge in [0.25, 0.3) is 0 Å². The second kappa shape index (κ2) is 4.43. The largest absolute Gasteiger partial charge is 0.341 e. The number of nitrogens with two attached hydrogens (primary N) is 1. The van der Waals surface area contributed by atoms with Crippen LogP contribution in [-0.4, -0.2) is 35.9 Å². The summed E-state index contributed by atoms with van der Waals surface area (Å²) >= 11 is 0. The van der Waals surface area contributed by atoms with Gasteiger partial charge >= 0.3 is 0 Å². The van der Waals surface area contributed by atoms with Crippen molar-refractivity contribution >= 4 is 5.91 Å². The molecule has 15 heavy (non-hydrogen) atoms. The van der Waals surface area contributed by atoms with Crippen LogP contribution in [0.3, 0.4) is 0 Å². The SMILES string of the molecule is C[C@H](N)C(=O)N1CCC[C@@H](C(C)(F)F)C1. The molecule has 0 radical (unpaired) electrons. The van der Waals surface area contributed by atoms with E-state index in [1.807, 2.05) is 0 Å². The summed E-state index contributed by atoms with van der Waals surface area (Å²) in [6, 6.07) is -0.603. The molecule has 2 N–H and O–H groups in total. The van der Waals surface area contributed by atoms with E-state index >= 15 is 0 Å². The summed E-state index contributed by atoms with van der Waals surface area (Å²) in [6.45, 7) is 3.17.